The van der Waals surface area contributed by atoms with E-state index in [1.54, 1.807) is 18.2 Å². The van der Waals surface area contributed by atoms with Crippen LogP contribution in [0.15, 0.2) is 57.8 Å². The van der Waals surface area contributed by atoms with E-state index in [9.17, 15) is 42.8 Å². The minimum atomic E-state index is -4.96. The Morgan fingerprint density at radius 3 is 2.58 bits per heavy atom. The van der Waals surface area contributed by atoms with Crippen LogP contribution in [0.1, 0.15) is 25.8 Å². The summed E-state index contributed by atoms with van der Waals surface area (Å²) < 4.78 is 44.2. The largest absolute Gasteiger partial charge is 0.478 e. The average molecular weight is 751 g/mol. The summed E-state index contributed by atoms with van der Waals surface area (Å²) in [4.78, 5) is 65.7. The van der Waals surface area contributed by atoms with Crippen molar-refractivity contribution in [1.82, 2.24) is 24.6 Å². The minimum Gasteiger partial charge on any atom is -0.478 e. The number of hydrogen-bond acceptors (Lipinski definition) is 15. The Hall–Kier alpha value is -5.71. The van der Waals surface area contributed by atoms with E-state index >= 15 is 0 Å². The summed E-state index contributed by atoms with van der Waals surface area (Å²) in [6, 6.07) is 9.48. The number of carboxylic acid groups (broad SMARTS) is 1. The van der Waals surface area contributed by atoms with Gasteiger partial charge in [0.1, 0.15) is 12.4 Å². The van der Waals surface area contributed by atoms with E-state index in [1.807, 2.05) is 4.72 Å². The van der Waals surface area contributed by atoms with Gasteiger partial charge in [0.05, 0.1) is 10.5 Å². The van der Waals surface area contributed by atoms with Crippen LogP contribution in [0.5, 0.6) is 11.5 Å². The number of nitro groups is 1. The van der Waals surface area contributed by atoms with E-state index in [0.29, 0.717) is 38.1 Å². The highest BCUT2D eigenvalue weighted by Gasteiger charge is 2.50. The number of fused-ring (bicyclic) bond motifs is 1. The summed E-state index contributed by atoms with van der Waals surface area (Å²) in [6.45, 7) is 1.96. The molecule has 262 valence electrons. The molecule has 0 bridgehead atoms. The Labute approximate surface area is 289 Å². The van der Waals surface area contributed by atoms with E-state index in [2.05, 4.69) is 20.5 Å². The quantitative estimate of drug-likeness (QED) is 0.107. The fourth-order valence-corrected chi connectivity index (χ4v) is 7.20. The number of aliphatic carboxylic acids is 1. The lowest BCUT2D eigenvalue weighted by molar-refractivity contribution is -0.384. The summed E-state index contributed by atoms with van der Waals surface area (Å²) in [5, 5.41) is 31.5. The number of benzene rings is 2. The van der Waals surface area contributed by atoms with Crippen molar-refractivity contribution in [2.24, 2.45) is 0 Å². The van der Waals surface area contributed by atoms with Crippen LogP contribution in [-0.2, 0) is 31.0 Å². The van der Waals surface area contributed by atoms with Gasteiger partial charge in [0, 0.05) is 24.2 Å². The number of hydrogen-bond donors (Lipinski definition) is 3. The fraction of sp³-hybridized carbons (Fsp3) is 0.222. The highest BCUT2D eigenvalue weighted by atomic mass is 35.5. The molecule has 0 saturated heterocycles. The summed E-state index contributed by atoms with van der Waals surface area (Å²) in [5.41, 5.74) is -4.20. The number of amides is 2. The maximum atomic E-state index is 13.5. The molecule has 4 aromatic rings. The summed E-state index contributed by atoms with van der Waals surface area (Å²) in [5.74, 6) is -2.36. The van der Waals surface area contributed by atoms with Crippen LogP contribution in [0.25, 0.3) is 10.6 Å². The molecule has 2 aromatic heterocycles. The number of anilines is 1. The Balaban J connectivity index is 1.39. The SMILES string of the molecule is CCC(NS(=O)(=O)c1nnc(-c2ccc(Cl)cc2[N+](=O)[O-])s1)(C(=O)O)N(C(C)=O)n1ccc(NC(=O)OCc2ccc3c(c2)OCO3)nc1=O. The first-order chi connectivity index (χ1) is 23.6. The zero-order valence-corrected chi connectivity index (χ0v) is 27.9. The number of rotatable bonds is 12. The van der Waals surface area contributed by atoms with Crippen molar-refractivity contribution in [3.8, 4) is 22.1 Å². The average Bonchev–Trinajstić information content (AvgIpc) is 3.75. The first kappa shape index (κ1) is 35.6. The molecule has 0 spiro atoms. The predicted molar refractivity (Wildman–Crippen MR) is 172 cm³/mol. The predicted octanol–water partition coefficient (Wildman–Crippen LogP) is 2.45. The van der Waals surface area contributed by atoms with E-state index in [0.717, 1.165) is 25.3 Å². The van der Waals surface area contributed by atoms with Gasteiger partial charge < -0.3 is 19.3 Å². The van der Waals surface area contributed by atoms with Gasteiger partial charge >= 0.3 is 17.8 Å². The number of nitro benzene ring substituents is 1. The van der Waals surface area contributed by atoms with E-state index in [-0.39, 0.29) is 34.8 Å². The number of carboxylic acids is 1. The van der Waals surface area contributed by atoms with Gasteiger partial charge in [0.2, 0.25) is 22.7 Å². The molecule has 0 radical (unpaired) electrons. The van der Waals surface area contributed by atoms with Crippen molar-refractivity contribution in [3.05, 3.63) is 79.8 Å². The van der Waals surface area contributed by atoms with Crippen molar-refractivity contribution in [2.75, 3.05) is 17.1 Å². The van der Waals surface area contributed by atoms with Crippen molar-refractivity contribution in [3.63, 3.8) is 0 Å². The molecule has 2 amide bonds. The van der Waals surface area contributed by atoms with Gasteiger partial charge in [-0.3, -0.25) is 20.2 Å². The number of ether oxygens (including phenoxy) is 3. The van der Waals surface area contributed by atoms with Gasteiger partial charge in [0.15, 0.2) is 16.5 Å². The van der Waals surface area contributed by atoms with Crippen LogP contribution >= 0.6 is 22.9 Å². The van der Waals surface area contributed by atoms with Gasteiger partial charge in [0.25, 0.3) is 15.7 Å². The van der Waals surface area contributed by atoms with Crippen molar-refractivity contribution < 1.29 is 47.0 Å². The molecule has 0 saturated carbocycles. The molecule has 0 fully saturated rings. The molecule has 1 aliphatic rings. The van der Waals surface area contributed by atoms with Crippen LogP contribution in [0.2, 0.25) is 5.02 Å². The second-order valence-electron chi connectivity index (χ2n) is 10.1. The van der Waals surface area contributed by atoms with Gasteiger partial charge in [-0.15, -0.1) is 10.2 Å². The van der Waals surface area contributed by atoms with E-state index in [4.69, 9.17) is 25.8 Å². The molecule has 3 N–H and O–H groups in total. The number of sulfonamides is 1. The highest BCUT2D eigenvalue weighted by molar-refractivity contribution is 7.91. The molecule has 5 rings (SSSR count). The molecule has 20 nitrogen and oxygen atoms in total. The zero-order valence-electron chi connectivity index (χ0n) is 25.6. The smallest absolute Gasteiger partial charge is 0.413 e. The maximum absolute atomic E-state index is 13.5. The van der Waals surface area contributed by atoms with E-state index < -0.39 is 60.7 Å². The first-order valence-corrected chi connectivity index (χ1v) is 16.6. The second-order valence-corrected chi connectivity index (χ2v) is 13.3. The number of aromatic nitrogens is 4. The normalized spacial score (nSPS) is 13.3. The first-order valence-electron chi connectivity index (χ1n) is 13.9. The molecule has 23 heteroatoms. The van der Waals surface area contributed by atoms with Crippen molar-refractivity contribution in [1.29, 1.82) is 0 Å². The lowest BCUT2D eigenvalue weighted by atomic mass is 10.1. The van der Waals surface area contributed by atoms with Crippen LogP contribution in [0.4, 0.5) is 16.3 Å². The standard InChI is InChI=1S/C27H23ClN8O12S2/c1-3-27(23(38)39,33-50(44,45)26-32-31-22(49-26)17-6-5-16(28)11-18(17)36(42)43)35(14(2)37)34-9-8-21(29-24(34)40)30-25(41)46-12-15-4-7-19-20(10-15)48-13-47-19/h4-11,33H,3,12-13H2,1-2H3,(H,38,39)(H,29,30,40,41). The second kappa shape index (κ2) is 14.0. The Morgan fingerprint density at radius 1 is 1.18 bits per heavy atom. The van der Waals surface area contributed by atoms with Gasteiger partial charge in [-0.25, -0.2) is 32.5 Å². The monoisotopic (exact) mass is 750 g/mol. The molecular weight excluding hydrogens is 728 g/mol. The van der Waals surface area contributed by atoms with Crippen LogP contribution in [0, 0.1) is 10.1 Å². The molecule has 1 atom stereocenters. The van der Waals surface area contributed by atoms with Crippen molar-refractivity contribution >= 4 is 62.4 Å². The molecular formula is C27H23ClN8O12S2. The Bertz CT molecular complexity index is 2190. The molecule has 2 aromatic carbocycles. The molecule has 1 aliphatic heterocycles. The number of nitrogens with one attached hydrogen (secondary N) is 2. The molecule has 0 aliphatic carbocycles. The maximum Gasteiger partial charge on any atom is 0.413 e. The van der Waals surface area contributed by atoms with Crippen LogP contribution in [-0.4, -0.2) is 68.7 Å². The third-order valence-corrected chi connectivity index (χ3v) is 9.93. The summed E-state index contributed by atoms with van der Waals surface area (Å²) in [6.07, 6.45) is -0.778. The van der Waals surface area contributed by atoms with Crippen LogP contribution in [0.3, 0.4) is 0 Å². The van der Waals surface area contributed by atoms with Gasteiger partial charge in [-0.05, 0) is 42.3 Å². The van der Waals surface area contributed by atoms with Crippen molar-refractivity contribution in [2.45, 2.75) is 36.9 Å². The third-order valence-electron chi connectivity index (χ3n) is 6.89. The fourth-order valence-electron chi connectivity index (χ4n) is 4.62. The lowest BCUT2D eigenvalue weighted by Gasteiger charge is -2.39. The topological polar surface area (TPSA) is 264 Å². The van der Waals surface area contributed by atoms with Gasteiger partial charge in [-0.2, -0.15) is 9.71 Å². The number of carbonyl (C=O) groups is 3. The van der Waals surface area contributed by atoms with Crippen LogP contribution < -0.4 is 30.2 Å². The summed E-state index contributed by atoms with van der Waals surface area (Å²) >= 11 is 6.22. The Kier molecular flexibility index (Phi) is 9.99. The Morgan fingerprint density at radius 2 is 1.92 bits per heavy atom. The minimum absolute atomic E-state index is 0.0316. The summed E-state index contributed by atoms with van der Waals surface area (Å²) in [7, 11) is -4.96. The number of carbonyl (C=O) groups excluding carboxylic acids is 2. The third kappa shape index (κ3) is 7.17. The zero-order chi connectivity index (χ0) is 36.4. The number of halogens is 1. The molecule has 50 heavy (non-hydrogen) atoms. The lowest BCUT2D eigenvalue weighted by Crippen LogP contribution is -2.71. The van der Waals surface area contributed by atoms with Gasteiger partial charge in [-0.1, -0.05) is 35.9 Å². The molecule has 1 unspecified atom stereocenters. The molecule has 3 heterocycles. The van der Waals surface area contributed by atoms with E-state index in [1.165, 1.54) is 19.1 Å². The highest BCUT2D eigenvalue weighted by Crippen LogP contribution is 2.36. The number of nitrogens with zero attached hydrogens (tertiary/aromatic N) is 6.